The molecule has 1 amide bonds. The molecule has 0 saturated heterocycles. The van der Waals surface area contributed by atoms with E-state index in [-0.39, 0.29) is 12.5 Å². The molecule has 5 heteroatoms. The van der Waals surface area contributed by atoms with E-state index in [9.17, 15) is 4.79 Å². The first-order chi connectivity index (χ1) is 9.20. The van der Waals surface area contributed by atoms with Crippen LogP contribution >= 0.6 is 0 Å². The van der Waals surface area contributed by atoms with Crippen LogP contribution in [0.25, 0.3) is 0 Å². The second-order valence-electron chi connectivity index (χ2n) is 3.93. The highest BCUT2D eigenvalue weighted by molar-refractivity contribution is 6.04. The molecule has 0 aliphatic carbocycles. The van der Waals surface area contributed by atoms with E-state index in [0.29, 0.717) is 11.3 Å². The first-order valence-corrected chi connectivity index (χ1v) is 5.71. The molecule has 0 spiro atoms. The topological polar surface area (TPSA) is 78.0 Å². The number of nitrogens with zero attached hydrogens (tertiary/aromatic N) is 1. The van der Waals surface area contributed by atoms with Gasteiger partial charge in [0.2, 0.25) is 0 Å². The molecule has 0 radical (unpaired) electrons. The van der Waals surface area contributed by atoms with Crippen molar-refractivity contribution in [3.63, 3.8) is 0 Å². The summed E-state index contributed by atoms with van der Waals surface area (Å²) >= 11 is 0. The van der Waals surface area contributed by atoms with Gasteiger partial charge in [0.05, 0.1) is 11.9 Å². The number of hydrogen-bond donors (Lipinski definition) is 3. The van der Waals surface area contributed by atoms with Crippen LogP contribution in [0.1, 0.15) is 21.5 Å². The quantitative estimate of drug-likeness (QED) is 0.708. The fourth-order valence-corrected chi connectivity index (χ4v) is 1.60. The molecule has 96 valence electrons. The Morgan fingerprint density at radius 3 is 3.00 bits per heavy atom. The summed E-state index contributed by atoms with van der Waals surface area (Å²) < 4.78 is 0. The largest absolute Gasteiger partial charge is 0.384 e. The number of aromatic amines is 1. The van der Waals surface area contributed by atoms with Crippen LogP contribution in [-0.4, -0.2) is 27.8 Å². The number of anilines is 1. The third kappa shape index (κ3) is 3.21. The zero-order valence-electron chi connectivity index (χ0n) is 10.4. The Morgan fingerprint density at radius 1 is 1.53 bits per heavy atom. The molecule has 0 fully saturated rings. The predicted octanol–water partition coefficient (Wildman–Crippen LogP) is 1.31. The SMILES string of the molecule is Cc1cc(C(=O)Nc2cn[nH]c2)ccc1C#CCO. The molecule has 0 aliphatic rings. The number of aliphatic hydroxyl groups excluding tert-OH is 1. The normalized spacial score (nSPS) is 9.58. The van der Waals surface area contributed by atoms with Crippen LogP contribution in [0.3, 0.4) is 0 Å². The van der Waals surface area contributed by atoms with E-state index in [1.807, 2.05) is 6.92 Å². The number of rotatable bonds is 2. The lowest BCUT2D eigenvalue weighted by molar-refractivity contribution is 0.102. The van der Waals surface area contributed by atoms with Gasteiger partial charge in [-0.25, -0.2) is 0 Å². The first kappa shape index (κ1) is 12.9. The second kappa shape index (κ2) is 5.85. The minimum atomic E-state index is -0.203. The number of aromatic nitrogens is 2. The molecule has 1 aromatic heterocycles. The third-order valence-electron chi connectivity index (χ3n) is 2.55. The van der Waals surface area contributed by atoms with Crippen molar-refractivity contribution in [2.24, 2.45) is 0 Å². The number of amides is 1. The number of carbonyl (C=O) groups is 1. The molecule has 1 heterocycles. The van der Waals surface area contributed by atoms with E-state index in [2.05, 4.69) is 27.4 Å². The summed E-state index contributed by atoms with van der Waals surface area (Å²) in [6, 6.07) is 5.23. The number of hydrogen-bond acceptors (Lipinski definition) is 3. The molecule has 2 aromatic rings. The number of aliphatic hydroxyl groups is 1. The molecular formula is C14H13N3O2. The number of carbonyl (C=O) groups excluding carboxylic acids is 1. The molecule has 1 aromatic carbocycles. The van der Waals surface area contributed by atoms with Gasteiger partial charge in [-0.2, -0.15) is 5.10 Å². The van der Waals surface area contributed by atoms with Crippen molar-refractivity contribution in [3.05, 3.63) is 47.3 Å². The zero-order chi connectivity index (χ0) is 13.7. The molecule has 5 nitrogen and oxygen atoms in total. The molecule has 0 aliphatic heterocycles. The Bertz CT molecular complexity index is 636. The highest BCUT2D eigenvalue weighted by Crippen LogP contribution is 2.12. The van der Waals surface area contributed by atoms with Crippen molar-refractivity contribution in [1.82, 2.24) is 10.2 Å². The molecule has 0 atom stereocenters. The minimum absolute atomic E-state index is 0.178. The Balaban J connectivity index is 2.17. The van der Waals surface area contributed by atoms with Crippen LogP contribution in [0.15, 0.2) is 30.6 Å². The molecular weight excluding hydrogens is 242 g/mol. The number of nitrogens with one attached hydrogen (secondary N) is 2. The van der Waals surface area contributed by atoms with E-state index in [0.717, 1.165) is 11.1 Å². The van der Waals surface area contributed by atoms with Gasteiger partial charge in [0, 0.05) is 17.3 Å². The van der Waals surface area contributed by atoms with Gasteiger partial charge in [-0.15, -0.1) is 0 Å². The Kier molecular flexibility index (Phi) is 3.96. The lowest BCUT2D eigenvalue weighted by Gasteiger charge is -2.04. The summed E-state index contributed by atoms with van der Waals surface area (Å²) in [6.45, 7) is 1.69. The van der Waals surface area contributed by atoms with Gasteiger partial charge in [-0.1, -0.05) is 11.8 Å². The highest BCUT2D eigenvalue weighted by atomic mass is 16.2. The van der Waals surface area contributed by atoms with Gasteiger partial charge in [0.1, 0.15) is 6.61 Å². The van der Waals surface area contributed by atoms with Gasteiger partial charge < -0.3 is 10.4 Å². The lowest BCUT2D eigenvalue weighted by atomic mass is 10.0. The van der Waals surface area contributed by atoms with E-state index in [4.69, 9.17) is 5.11 Å². The fraction of sp³-hybridized carbons (Fsp3) is 0.143. The van der Waals surface area contributed by atoms with E-state index in [1.54, 1.807) is 24.4 Å². The monoisotopic (exact) mass is 255 g/mol. The fourth-order valence-electron chi connectivity index (χ4n) is 1.60. The number of H-pyrrole nitrogens is 1. The minimum Gasteiger partial charge on any atom is -0.384 e. The van der Waals surface area contributed by atoms with Crippen molar-refractivity contribution in [2.45, 2.75) is 6.92 Å². The molecule has 0 unspecified atom stereocenters. The summed E-state index contributed by atoms with van der Waals surface area (Å²) in [5.41, 5.74) is 2.86. The van der Waals surface area contributed by atoms with Gasteiger partial charge >= 0.3 is 0 Å². The van der Waals surface area contributed by atoms with Crippen LogP contribution in [0.4, 0.5) is 5.69 Å². The Labute approximate surface area is 110 Å². The molecule has 0 bridgehead atoms. The second-order valence-corrected chi connectivity index (χ2v) is 3.93. The van der Waals surface area contributed by atoms with Crippen LogP contribution in [0.2, 0.25) is 0 Å². The van der Waals surface area contributed by atoms with E-state index in [1.165, 1.54) is 6.20 Å². The summed E-state index contributed by atoms with van der Waals surface area (Å²) in [5.74, 6) is 5.21. The predicted molar refractivity (Wildman–Crippen MR) is 71.7 cm³/mol. The summed E-state index contributed by atoms with van der Waals surface area (Å²) in [7, 11) is 0. The standard InChI is InChI=1S/C14H13N3O2/c1-10-7-12(5-4-11(10)3-2-6-18)14(19)17-13-8-15-16-9-13/h4-5,7-9,18H,6H2,1H3,(H,15,16)(H,17,19). The smallest absolute Gasteiger partial charge is 0.255 e. The van der Waals surface area contributed by atoms with Gasteiger partial charge in [0.15, 0.2) is 0 Å². The van der Waals surface area contributed by atoms with E-state index >= 15 is 0 Å². The van der Waals surface area contributed by atoms with Gasteiger partial charge in [-0.05, 0) is 30.7 Å². The van der Waals surface area contributed by atoms with Crippen LogP contribution < -0.4 is 5.32 Å². The van der Waals surface area contributed by atoms with Gasteiger partial charge in [-0.3, -0.25) is 9.89 Å². The van der Waals surface area contributed by atoms with Crippen molar-refractivity contribution in [2.75, 3.05) is 11.9 Å². The van der Waals surface area contributed by atoms with Crippen molar-refractivity contribution in [1.29, 1.82) is 0 Å². The van der Waals surface area contributed by atoms with E-state index < -0.39 is 0 Å². The Morgan fingerprint density at radius 2 is 2.37 bits per heavy atom. The third-order valence-corrected chi connectivity index (χ3v) is 2.55. The Hall–Kier alpha value is -2.58. The molecule has 2 rings (SSSR count). The summed E-state index contributed by atoms with van der Waals surface area (Å²) in [4.78, 5) is 12.0. The highest BCUT2D eigenvalue weighted by Gasteiger charge is 2.07. The molecule has 3 N–H and O–H groups in total. The van der Waals surface area contributed by atoms with Gasteiger partial charge in [0.25, 0.3) is 5.91 Å². The van der Waals surface area contributed by atoms with Crippen LogP contribution in [0, 0.1) is 18.8 Å². The van der Waals surface area contributed by atoms with Crippen molar-refractivity contribution >= 4 is 11.6 Å². The molecule has 0 saturated carbocycles. The average molecular weight is 255 g/mol. The summed E-state index contributed by atoms with van der Waals surface area (Å²) in [6.07, 6.45) is 3.14. The first-order valence-electron chi connectivity index (χ1n) is 5.71. The maximum Gasteiger partial charge on any atom is 0.255 e. The zero-order valence-corrected chi connectivity index (χ0v) is 10.4. The lowest BCUT2D eigenvalue weighted by Crippen LogP contribution is -2.11. The van der Waals surface area contributed by atoms with Crippen molar-refractivity contribution < 1.29 is 9.90 Å². The number of benzene rings is 1. The number of aryl methyl sites for hydroxylation is 1. The van der Waals surface area contributed by atoms with Crippen LogP contribution in [0.5, 0.6) is 0 Å². The molecule has 19 heavy (non-hydrogen) atoms. The maximum atomic E-state index is 12.0. The average Bonchev–Trinajstić information content (AvgIpc) is 2.90. The van der Waals surface area contributed by atoms with Crippen molar-refractivity contribution in [3.8, 4) is 11.8 Å². The van der Waals surface area contributed by atoms with Crippen LogP contribution in [-0.2, 0) is 0 Å². The maximum absolute atomic E-state index is 12.0. The summed E-state index contributed by atoms with van der Waals surface area (Å²) in [5, 5.41) is 17.8.